The summed E-state index contributed by atoms with van der Waals surface area (Å²) in [6, 6.07) is 6.84. The largest absolute Gasteiger partial charge is 0.493 e. The molecular weight excluding hydrogens is 322 g/mol. The zero-order valence-electron chi connectivity index (χ0n) is 13.7. The maximum atomic E-state index is 13.0. The lowest BCUT2D eigenvalue weighted by Gasteiger charge is -2.37. The van der Waals surface area contributed by atoms with Crippen LogP contribution >= 0.6 is 0 Å². The lowest BCUT2D eigenvalue weighted by Crippen LogP contribution is -2.45. The van der Waals surface area contributed by atoms with E-state index in [9.17, 15) is 9.59 Å². The van der Waals surface area contributed by atoms with E-state index in [-0.39, 0.29) is 17.7 Å². The third-order valence-electron chi connectivity index (χ3n) is 4.73. The molecule has 0 aliphatic carbocycles. The SMILES string of the molecule is O=C(Nc1ccc2c(c1)C(=O)N1CCCC[C@H]1CCO2)c1ccno1. The van der Waals surface area contributed by atoms with Gasteiger partial charge in [0.2, 0.25) is 5.76 Å². The molecule has 0 radical (unpaired) electrons. The lowest BCUT2D eigenvalue weighted by molar-refractivity contribution is 0.0548. The van der Waals surface area contributed by atoms with Crippen molar-refractivity contribution in [3.05, 3.63) is 41.8 Å². The van der Waals surface area contributed by atoms with Gasteiger partial charge < -0.3 is 19.5 Å². The molecule has 25 heavy (non-hydrogen) atoms. The molecule has 1 aromatic heterocycles. The van der Waals surface area contributed by atoms with Crippen LogP contribution in [0.25, 0.3) is 0 Å². The van der Waals surface area contributed by atoms with Gasteiger partial charge >= 0.3 is 0 Å². The van der Waals surface area contributed by atoms with Crippen molar-refractivity contribution in [2.24, 2.45) is 0 Å². The molecule has 130 valence electrons. The Balaban J connectivity index is 1.61. The summed E-state index contributed by atoms with van der Waals surface area (Å²) in [5.41, 5.74) is 1.01. The summed E-state index contributed by atoms with van der Waals surface area (Å²) in [5, 5.41) is 6.24. The molecule has 1 atom stereocenters. The van der Waals surface area contributed by atoms with Gasteiger partial charge in [-0.25, -0.2) is 0 Å². The zero-order valence-corrected chi connectivity index (χ0v) is 13.7. The first-order valence-corrected chi connectivity index (χ1v) is 8.52. The number of carbonyl (C=O) groups is 2. The van der Waals surface area contributed by atoms with Crippen molar-refractivity contribution in [1.29, 1.82) is 0 Å². The summed E-state index contributed by atoms with van der Waals surface area (Å²) in [5.74, 6) is 0.236. The molecule has 7 heteroatoms. The van der Waals surface area contributed by atoms with Crippen LogP contribution in [0, 0.1) is 0 Å². The minimum Gasteiger partial charge on any atom is -0.493 e. The fourth-order valence-corrected chi connectivity index (χ4v) is 3.45. The van der Waals surface area contributed by atoms with E-state index in [1.165, 1.54) is 12.3 Å². The fourth-order valence-electron chi connectivity index (χ4n) is 3.45. The topological polar surface area (TPSA) is 84.7 Å². The molecule has 2 aliphatic rings. The number of hydrogen-bond acceptors (Lipinski definition) is 5. The molecule has 1 N–H and O–H groups in total. The highest BCUT2D eigenvalue weighted by Gasteiger charge is 2.31. The number of ether oxygens (including phenoxy) is 1. The van der Waals surface area contributed by atoms with Gasteiger partial charge in [0.05, 0.1) is 18.4 Å². The quantitative estimate of drug-likeness (QED) is 0.908. The second-order valence-electron chi connectivity index (χ2n) is 6.33. The molecular formula is C18H19N3O4. The second kappa shape index (κ2) is 6.58. The number of nitrogens with one attached hydrogen (secondary N) is 1. The molecule has 2 aliphatic heterocycles. The smallest absolute Gasteiger partial charge is 0.294 e. The summed E-state index contributed by atoms with van der Waals surface area (Å²) >= 11 is 0. The molecule has 0 bridgehead atoms. The Hall–Kier alpha value is -2.83. The number of nitrogens with zero attached hydrogens (tertiary/aromatic N) is 2. The molecule has 3 heterocycles. The van der Waals surface area contributed by atoms with Crippen LogP contribution in [0.2, 0.25) is 0 Å². The van der Waals surface area contributed by atoms with Gasteiger partial charge in [-0.2, -0.15) is 0 Å². The van der Waals surface area contributed by atoms with Gasteiger partial charge in [-0.15, -0.1) is 0 Å². The van der Waals surface area contributed by atoms with Crippen LogP contribution in [0.1, 0.15) is 46.6 Å². The Morgan fingerprint density at radius 3 is 3.00 bits per heavy atom. The minimum atomic E-state index is -0.410. The summed E-state index contributed by atoms with van der Waals surface area (Å²) < 4.78 is 10.6. The molecule has 0 spiro atoms. The van der Waals surface area contributed by atoms with Crippen LogP contribution in [-0.4, -0.2) is 41.1 Å². The van der Waals surface area contributed by atoms with Gasteiger partial charge in [0.15, 0.2) is 0 Å². The van der Waals surface area contributed by atoms with E-state index in [1.54, 1.807) is 18.2 Å². The van der Waals surface area contributed by atoms with Crippen molar-refractivity contribution in [2.75, 3.05) is 18.5 Å². The Morgan fingerprint density at radius 1 is 1.24 bits per heavy atom. The van der Waals surface area contributed by atoms with Crippen LogP contribution in [0.15, 0.2) is 35.0 Å². The number of hydrogen-bond donors (Lipinski definition) is 1. The number of rotatable bonds is 2. The molecule has 1 fully saturated rings. The molecule has 2 amide bonds. The molecule has 0 saturated carbocycles. The Labute approximate surface area is 144 Å². The van der Waals surface area contributed by atoms with Gasteiger partial charge in [0.1, 0.15) is 5.75 Å². The van der Waals surface area contributed by atoms with Crippen molar-refractivity contribution in [2.45, 2.75) is 31.7 Å². The van der Waals surface area contributed by atoms with Crippen molar-refractivity contribution in [3.63, 3.8) is 0 Å². The number of fused-ring (bicyclic) bond motifs is 2. The Bertz CT molecular complexity index is 788. The maximum Gasteiger partial charge on any atom is 0.294 e. The summed E-state index contributed by atoms with van der Waals surface area (Å²) in [6.45, 7) is 1.36. The van der Waals surface area contributed by atoms with Gasteiger partial charge in [0.25, 0.3) is 11.8 Å². The first-order chi connectivity index (χ1) is 12.2. The average molecular weight is 341 g/mol. The predicted molar refractivity (Wildman–Crippen MR) is 89.7 cm³/mol. The van der Waals surface area contributed by atoms with E-state index in [2.05, 4.69) is 10.5 Å². The lowest BCUT2D eigenvalue weighted by atomic mass is 9.97. The molecule has 0 unspecified atom stereocenters. The van der Waals surface area contributed by atoms with Gasteiger partial charge in [-0.05, 0) is 37.5 Å². The second-order valence-corrected chi connectivity index (χ2v) is 6.33. The van der Waals surface area contributed by atoms with Crippen molar-refractivity contribution in [3.8, 4) is 5.75 Å². The number of benzene rings is 1. The third-order valence-corrected chi connectivity index (χ3v) is 4.73. The number of aromatic nitrogens is 1. The normalized spacial score (nSPS) is 19.9. The van der Waals surface area contributed by atoms with Crippen LogP contribution in [-0.2, 0) is 0 Å². The van der Waals surface area contributed by atoms with Crippen LogP contribution in [0.3, 0.4) is 0 Å². The minimum absolute atomic E-state index is 0.0323. The van der Waals surface area contributed by atoms with E-state index in [1.807, 2.05) is 4.90 Å². The molecule has 4 rings (SSSR count). The van der Waals surface area contributed by atoms with E-state index in [4.69, 9.17) is 9.26 Å². The predicted octanol–water partition coefficient (Wildman–Crippen LogP) is 2.70. The van der Waals surface area contributed by atoms with Crippen LogP contribution in [0.5, 0.6) is 5.75 Å². The molecule has 1 saturated heterocycles. The number of amides is 2. The van der Waals surface area contributed by atoms with Crippen molar-refractivity contribution >= 4 is 17.5 Å². The van der Waals surface area contributed by atoms with Crippen LogP contribution < -0.4 is 10.1 Å². The first-order valence-electron chi connectivity index (χ1n) is 8.52. The van der Waals surface area contributed by atoms with Gasteiger partial charge in [0, 0.05) is 30.8 Å². The number of carbonyl (C=O) groups excluding carboxylic acids is 2. The highest BCUT2D eigenvalue weighted by Crippen LogP contribution is 2.31. The average Bonchev–Trinajstić information content (AvgIpc) is 3.16. The van der Waals surface area contributed by atoms with E-state index in [0.29, 0.717) is 23.6 Å². The molecule has 2 aromatic rings. The first kappa shape index (κ1) is 15.7. The summed E-state index contributed by atoms with van der Waals surface area (Å²) in [4.78, 5) is 27.1. The zero-order chi connectivity index (χ0) is 17.2. The highest BCUT2D eigenvalue weighted by atomic mass is 16.5. The molecule has 7 nitrogen and oxygen atoms in total. The Morgan fingerprint density at radius 2 is 2.16 bits per heavy atom. The highest BCUT2D eigenvalue weighted by molar-refractivity contribution is 6.04. The molecule has 1 aromatic carbocycles. The number of anilines is 1. The van der Waals surface area contributed by atoms with Crippen molar-refractivity contribution in [1.82, 2.24) is 10.1 Å². The maximum absolute atomic E-state index is 13.0. The third kappa shape index (κ3) is 3.09. The summed E-state index contributed by atoms with van der Waals surface area (Å²) in [6.07, 6.45) is 5.46. The number of piperidine rings is 1. The van der Waals surface area contributed by atoms with Gasteiger partial charge in [-0.3, -0.25) is 9.59 Å². The standard InChI is InChI=1S/C18H19N3O4/c22-17(16-6-8-19-25-16)20-12-4-5-15-14(11-12)18(23)21-9-2-1-3-13(21)7-10-24-15/h4-6,8,11,13H,1-3,7,9-10H2,(H,20,22)/t13-/m0/s1. The Kier molecular flexibility index (Phi) is 4.13. The van der Waals surface area contributed by atoms with E-state index in [0.717, 1.165) is 32.2 Å². The monoisotopic (exact) mass is 341 g/mol. The van der Waals surface area contributed by atoms with E-state index >= 15 is 0 Å². The van der Waals surface area contributed by atoms with Crippen molar-refractivity contribution < 1.29 is 18.8 Å². The van der Waals surface area contributed by atoms with E-state index < -0.39 is 5.91 Å². The van der Waals surface area contributed by atoms with Gasteiger partial charge in [-0.1, -0.05) is 5.16 Å². The fraction of sp³-hybridized carbons (Fsp3) is 0.389. The van der Waals surface area contributed by atoms with Crippen LogP contribution in [0.4, 0.5) is 5.69 Å². The summed E-state index contributed by atoms with van der Waals surface area (Å²) in [7, 11) is 0.